The molecule has 4 heteroatoms. The molecule has 0 aliphatic heterocycles. The van der Waals surface area contributed by atoms with Gasteiger partial charge in [-0.05, 0) is 17.7 Å². The van der Waals surface area contributed by atoms with Crippen LogP contribution in [0.25, 0.3) is 11.1 Å². The zero-order valence-corrected chi connectivity index (χ0v) is 9.65. The lowest BCUT2D eigenvalue weighted by Crippen LogP contribution is -1.93. The van der Waals surface area contributed by atoms with Crippen molar-refractivity contribution in [2.45, 2.75) is 6.54 Å². The number of nitriles is 1. The van der Waals surface area contributed by atoms with Crippen LogP contribution in [0.15, 0.2) is 30.6 Å². The summed E-state index contributed by atoms with van der Waals surface area (Å²) in [5.74, 6) is 2.53. The molecule has 0 amide bonds. The largest absolute Gasteiger partial charge is 0.258 e. The van der Waals surface area contributed by atoms with Gasteiger partial charge in [0.15, 0.2) is 0 Å². The summed E-state index contributed by atoms with van der Waals surface area (Å²) in [5.41, 5.74) is 2.50. The van der Waals surface area contributed by atoms with E-state index in [-0.39, 0.29) is 6.54 Å². The molecule has 3 nitrogen and oxygen atoms in total. The van der Waals surface area contributed by atoms with E-state index in [4.69, 9.17) is 23.3 Å². The van der Waals surface area contributed by atoms with Gasteiger partial charge in [-0.15, -0.1) is 6.42 Å². The molecule has 1 aromatic heterocycles. The lowest BCUT2D eigenvalue weighted by atomic mass is 10.1. The van der Waals surface area contributed by atoms with Crippen LogP contribution in [0, 0.1) is 23.7 Å². The van der Waals surface area contributed by atoms with Gasteiger partial charge in [0.05, 0.1) is 17.3 Å². The van der Waals surface area contributed by atoms with Crippen molar-refractivity contribution in [3.05, 3.63) is 41.2 Å². The van der Waals surface area contributed by atoms with Gasteiger partial charge in [-0.2, -0.15) is 10.4 Å². The molecule has 0 saturated carbocycles. The first-order chi connectivity index (χ1) is 8.24. The Hall–Kier alpha value is -2.23. The molecule has 2 rings (SSSR count). The van der Waals surface area contributed by atoms with Crippen LogP contribution < -0.4 is 0 Å². The molecule has 0 spiro atoms. The lowest BCUT2D eigenvalue weighted by molar-refractivity contribution is 0.710. The Balaban J connectivity index is 2.40. The molecule has 1 aromatic carbocycles. The minimum Gasteiger partial charge on any atom is -0.258 e. The third-order valence-electron chi connectivity index (χ3n) is 2.32. The van der Waals surface area contributed by atoms with Crippen molar-refractivity contribution in [3.8, 4) is 29.5 Å². The van der Waals surface area contributed by atoms with Crippen molar-refractivity contribution in [2.24, 2.45) is 0 Å². The van der Waals surface area contributed by atoms with E-state index in [2.05, 4.69) is 11.0 Å². The Labute approximate surface area is 104 Å². The highest BCUT2D eigenvalue weighted by atomic mass is 35.5. The van der Waals surface area contributed by atoms with Gasteiger partial charge < -0.3 is 0 Å². The molecular formula is C13H8ClN3. The van der Waals surface area contributed by atoms with E-state index in [0.29, 0.717) is 10.6 Å². The number of terminal acetylenes is 1. The maximum Gasteiger partial charge on any atom is 0.128 e. The summed E-state index contributed by atoms with van der Waals surface area (Å²) < 4.78 is 1.57. The van der Waals surface area contributed by atoms with E-state index in [0.717, 1.165) is 11.1 Å². The first kappa shape index (κ1) is 11.3. The highest BCUT2D eigenvalue weighted by Gasteiger charge is 2.04. The third-order valence-corrected chi connectivity index (χ3v) is 2.65. The van der Waals surface area contributed by atoms with Gasteiger partial charge in [0, 0.05) is 17.3 Å². The zero-order chi connectivity index (χ0) is 12.3. The number of rotatable bonds is 2. The van der Waals surface area contributed by atoms with Crippen molar-refractivity contribution < 1.29 is 0 Å². The normalized spacial score (nSPS) is 9.59. The van der Waals surface area contributed by atoms with Crippen LogP contribution in [-0.2, 0) is 6.54 Å². The molecule has 1 heterocycles. The Kier molecular flexibility index (Phi) is 3.14. The van der Waals surface area contributed by atoms with Gasteiger partial charge in [0.1, 0.15) is 6.54 Å². The van der Waals surface area contributed by atoms with Crippen LogP contribution in [0.4, 0.5) is 0 Å². The summed E-state index contributed by atoms with van der Waals surface area (Å²) in [6.45, 7) is 0.232. The molecule has 0 fully saturated rings. The molecule has 0 aliphatic rings. The number of nitrogens with zero attached hydrogens (tertiary/aromatic N) is 3. The van der Waals surface area contributed by atoms with Gasteiger partial charge in [-0.1, -0.05) is 23.6 Å². The summed E-state index contributed by atoms with van der Waals surface area (Å²) in [6, 6.07) is 7.49. The van der Waals surface area contributed by atoms with Crippen LogP contribution >= 0.6 is 11.6 Å². The van der Waals surface area contributed by atoms with Crippen molar-refractivity contribution >= 4 is 11.6 Å². The number of hydrogen-bond acceptors (Lipinski definition) is 2. The molecule has 2 aromatic rings. The Morgan fingerprint density at radius 3 is 2.94 bits per heavy atom. The van der Waals surface area contributed by atoms with Gasteiger partial charge in [-0.3, -0.25) is 4.68 Å². The quantitative estimate of drug-likeness (QED) is 0.759. The Bertz CT molecular complexity index is 629. The lowest BCUT2D eigenvalue weighted by Gasteiger charge is -2.00. The van der Waals surface area contributed by atoms with Crippen molar-refractivity contribution in [1.29, 1.82) is 5.26 Å². The fourth-order valence-corrected chi connectivity index (χ4v) is 1.66. The minimum atomic E-state index is 0.232. The van der Waals surface area contributed by atoms with Crippen molar-refractivity contribution in [2.75, 3.05) is 0 Å². The van der Waals surface area contributed by atoms with E-state index in [1.54, 1.807) is 23.1 Å². The number of benzene rings is 1. The number of aromatic nitrogens is 2. The van der Waals surface area contributed by atoms with Crippen LogP contribution in [0.2, 0.25) is 5.02 Å². The minimum absolute atomic E-state index is 0.232. The monoisotopic (exact) mass is 241 g/mol. The summed E-state index contributed by atoms with van der Waals surface area (Å²) >= 11 is 5.93. The fraction of sp³-hybridized carbons (Fsp3) is 0.0769. The summed E-state index contributed by atoms with van der Waals surface area (Å²) in [6.07, 6.45) is 8.85. The third kappa shape index (κ3) is 2.30. The topological polar surface area (TPSA) is 41.6 Å². The summed E-state index contributed by atoms with van der Waals surface area (Å²) in [7, 11) is 0. The van der Waals surface area contributed by atoms with Crippen molar-refractivity contribution in [3.63, 3.8) is 0 Å². The standard InChI is InChI=1S/C13H8ClN3/c1-2-10-7-11(3-4-13(10)14)12-8-16-17(9-12)6-5-15/h1,3-4,7-9H,6H2. The number of hydrogen-bond donors (Lipinski definition) is 0. The van der Waals surface area contributed by atoms with Crippen LogP contribution in [0.5, 0.6) is 0 Å². The second kappa shape index (κ2) is 4.74. The second-order valence-electron chi connectivity index (χ2n) is 3.42. The zero-order valence-electron chi connectivity index (χ0n) is 8.89. The Morgan fingerprint density at radius 2 is 2.24 bits per heavy atom. The van der Waals surface area contributed by atoms with Crippen molar-refractivity contribution in [1.82, 2.24) is 9.78 Å². The highest BCUT2D eigenvalue weighted by Crippen LogP contribution is 2.24. The van der Waals surface area contributed by atoms with Crippen LogP contribution in [0.1, 0.15) is 5.56 Å². The predicted octanol–water partition coefficient (Wildman–Crippen LogP) is 2.71. The van der Waals surface area contributed by atoms with E-state index in [1.165, 1.54) is 0 Å². The van der Waals surface area contributed by atoms with E-state index < -0.39 is 0 Å². The SMILES string of the molecule is C#Cc1cc(-c2cnn(CC#N)c2)ccc1Cl. The molecule has 0 atom stereocenters. The van der Waals surface area contributed by atoms with Gasteiger partial charge in [0.25, 0.3) is 0 Å². The first-order valence-electron chi connectivity index (χ1n) is 4.90. The maximum absolute atomic E-state index is 8.56. The average Bonchev–Trinajstić information content (AvgIpc) is 2.79. The summed E-state index contributed by atoms with van der Waals surface area (Å²) in [4.78, 5) is 0. The fourth-order valence-electron chi connectivity index (χ4n) is 1.49. The number of halogens is 1. The first-order valence-corrected chi connectivity index (χ1v) is 5.28. The van der Waals surface area contributed by atoms with Crippen LogP contribution in [-0.4, -0.2) is 9.78 Å². The van der Waals surface area contributed by atoms with E-state index >= 15 is 0 Å². The molecular weight excluding hydrogens is 234 g/mol. The van der Waals surface area contributed by atoms with Gasteiger partial charge >= 0.3 is 0 Å². The predicted molar refractivity (Wildman–Crippen MR) is 66.2 cm³/mol. The molecule has 0 unspecified atom stereocenters. The van der Waals surface area contributed by atoms with Gasteiger partial charge in [0.2, 0.25) is 0 Å². The molecule has 0 radical (unpaired) electrons. The maximum atomic E-state index is 8.56. The molecule has 0 aliphatic carbocycles. The molecule has 82 valence electrons. The molecule has 0 N–H and O–H groups in total. The van der Waals surface area contributed by atoms with E-state index in [9.17, 15) is 0 Å². The Morgan fingerprint density at radius 1 is 1.41 bits per heavy atom. The second-order valence-corrected chi connectivity index (χ2v) is 3.83. The highest BCUT2D eigenvalue weighted by molar-refractivity contribution is 6.31. The molecule has 0 saturated heterocycles. The smallest absolute Gasteiger partial charge is 0.128 e. The van der Waals surface area contributed by atoms with Gasteiger partial charge in [-0.25, -0.2) is 0 Å². The average molecular weight is 242 g/mol. The summed E-state index contributed by atoms with van der Waals surface area (Å²) in [5, 5.41) is 13.2. The van der Waals surface area contributed by atoms with Crippen LogP contribution in [0.3, 0.4) is 0 Å². The van der Waals surface area contributed by atoms with E-state index in [1.807, 2.05) is 18.2 Å². The molecule has 0 bridgehead atoms. The molecule has 17 heavy (non-hydrogen) atoms.